The van der Waals surface area contributed by atoms with Crippen molar-refractivity contribution in [2.24, 2.45) is 0 Å². The number of carboxylic acids is 1. The summed E-state index contributed by atoms with van der Waals surface area (Å²) in [7, 11) is 0. The average molecular weight is 379 g/mol. The molecule has 0 aliphatic carbocycles. The number of hydrogen-bond donors (Lipinski definition) is 1. The van der Waals surface area contributed by atoms with Gasteiger partial charge < -0.3 is 14.7 Å². The molecule has 1 aromatic heterocycles. The van der Waals surface area contributed by atoms with Crippen molar-refractivity contribution in [1.82, 2.24) is 14.5 Å². The number of aliphatic carboxylic acids is 1. The summed E-state index contributed by atoms with van der Waals surface area (Å²) in [5.41, 5.74) is 2.82. The molecule has 0 spiro atoms. The third kappa shape index (κ3) is 3.48. The number of para-hydroxylation sites is 3. The number of carbonyl (C=O) groups is 2. The molecule has 1 aliphatic heterocycles. The lowest BCUT2D eigenvalue weighted by molar-refractivity contribution is -0.158. The molecule has 0 unspecified atom stereocenters. The molecule has 0 bridgehead atoms. The van der Waals surface area contributed by atoms with Crippen molar-refractivity contribution in [3.63, 3.8) is 0 Å². The zero-order valence-corrected chi connectivity index (χ0v) is 15.3. The van der Waals surface area contributed by atoms with Gasteiger partial charge in [-0.1, -0.05) is 30.3 Å². The summed E-state index contributed by atoms with van der Waals surface area (Å²) >= 11 is 0. The number of amides is 1. The summed E-state index contributed by atoms with van der Waals surface area (Å²) in [5.74, 6) is -0.451. The zero-order chi connectivity index (χ0) is 19.5. The Bertz CT molecular complexity index is 999. The van der Waals surface area contributed by atoms with Crippen LogP contribution in [0.5, 0.6) is 0 Å². The molecule has 1 saturated heterocycles. The highest BCUT2D eigenvalue weighted by atomic mass is 16.5. The van der Waals surface area contributed by atoms with Crippen LogP contribution in [0.1, 0.15) is 12.2 Å². The van der Waals surface area contributed by atoms with Crippen molar-refractivity contribution in [3.8, 4) is 5.69 Å². The second-order valence-electron chi connectivity index (χ2n) is 6.70. The molecular weight excluding hydrogens is 358 g/mol. The molecule has 4 rings (SSSR count). The number of carbonyl (C=O) groups excluding carboxylic acids is 1. The maximum absolute atomic E-state index is 12.7. The Balaban J connectivity index is 1.60. The molecule has 2 heterocycles. The van der Waals surface area contributed by atoms with Crippen molar-refractivity contribution in [3.05, 3.63) is 60.4 Å². The van der Waals surface area contributed by atoms with Crippen molar-refractivity contribution in [1.29, 1.82) is 0 Å². The third-order valence-electron chi connectivity index (χ3n) is 4.94. The summed E-state index contributed by atoms with van der Waals surface area (Å²) in [6.07, 6.45) is 0.617. The fourth-order valence-corrected chi connectivity index (χ4v) is 3.58. The van der Waals surface area contributed by atoms with E-state index in [1.54, 1.807) is 0 Å². The van der Waals surface area contributed by atoms with Crippen LogP contribution in [-0.2, 0) is 20.7 Å². The van der Waals surface area contributed by atoms with Gasteiger partial charge in [0.05, 0.1) is 24.2 Å². The second kappa shape index (κ2) is 7.82. The smallest absolute Gasteiger partial charge is 0.328 e. The van der Waals surface area contributed by atoms with Gasteiger partial charge in [0.25, 0.3) is 0 Å². The van der Waals surface area contributed by atoms with Crippen LogP contribution >= 0.6 is 0 Å². The Kier molecular flexibility index (Phi) is 5.08. The summed E-state index contributed by atoms with van der Waals surface area (Å²) in [6.45, 7) is 0.687. The SMILES string of the molecule is O=C(O)[C@H]1COCCN1C(=O)CCc1nc2ccccc2n1-c1ccccc1. The Labute approximate surface area is 162 Å². The Morgan fingerprint density at radius 3 is 2.64 bits per heavy atom. The summed E-state index contributed by atoms with van der Waals surface area (Å²) in [6, 6.07) is 16.8. The van der Waals surface area contributed by atoms with E-state index in [-0.39, 0.29) is 18.9 Å². The topological polar surface area (TPSA) is 84.7 Å². The largest absolute Gasteiger partial charge is 0.480 e. The van der Waals surface area contributed by atoms with Crippen molar-refractivity contribution >= 4 is 22.9 Å². The van der Waals surface area contributed by atoms with E-state index in [2.05, 4.69) is 4.57 Å². The van der Waals surface area contributed by atoms with E-state index >= 15 is 0 Å². The van der Waals surface area contributed by atoms with Crippen LogP contribution in [0.15, 0.2) is 54.6 Å². The molecule has 0 radical (unpaired) electrons. The monoisotopic (exact) mass is 379 g/mol. The molecule has 28 heavy (non-hydrogen) atoms. The number of rotatable bonds is 5. The first-order chi connectivity index (χ1) is 13.6. The number of aryl methyl sites for hydroxylation is 1. The lowest BCUT2D eigenvalue weighted by atomic mass is 10.2. The molecular formula is C21H21N3O4. The maximum atomic E-state index is 12.7. The van der Waals surface area contributed by atoms with Crippen LogP contribution in [0.3, 0.4) is 0 Å². The summed E-state index contributed by atoms with van der Waals surface area (Å²) in [4.78, 5) is 30.2. The molecule has 0 saturated carbocycles. The van der Waals surface area contributed by atoms with Crippen molar-refractivity contribution in [2.75, 3.05) is 19.8 Å². The van der Waals surface area contributed by atoms with E-state index in [1.165, 1.54) is 4.90 Å². The fourth-order valence-electron chi connectivity index (χ4n) is 3.58. The minimum atomic E-state index is -1.04. The number of aromatic nitrogens is 2. The first-order valence-electron chi connectivity index (χ1n) is 9.27. The molecule has 144 valence electrons. The number of imidazole rings is 1. The molecule has 1 N–H and O–H groups in total. The van der Waals surface area contributed by atoms with Crippen molar-refractivity contribution in [2.45, 2.75) is 18.9 Å². The van der Waals surface area contributed by atoms with Gasteiger partial charge >= 0.3 is 5.97 Å². The van der Waals surface area contributed by atoms with Gasteiger partial charge in [0.15, 0.2) is 6.04 Å². The van der Waals surface area contributed by atoms with E-state index in [0.29, 0.717) is 19.6 Å². The number of benzene rings is 2. The number of fused-ring (bicyclic) bond motifs is 1. The van der Waals surface area contributed by atoms with Crippen LogP contribution in [-0.4, -0.2) is 57.2 Å². The molecule has 1 atom stereocenters. The van der Waals surface area contributed by atoms with Gasteiger partial charge in [-0.3, -0.25) is 9.36 Å². The van der Waals surface area contributed by atoms with E-state index in [4.69, 9.17) is 9.72 Å². The first kappa shape index (κ1) is 18.2. The average Bonchev–Trinajstić information content (AvgIpc) is 3.11. The Morgan fingerprint density at radius 1 is 1.11 bits per heavy atom. The molecule has 2 aromatic carbocycles. The number of carboxylic acid groups (broad SMARTS) is 1. The number of nitrogens with zero attached hydrogens (tertiary/aromatic N) is 3. The van der Waals surface area contributed by atoms with E-state index in [9.17, 15) is 14.7 Å². The molecule has 1 fully saturated rings. The summed E-state index contributed by atoms with van der Waals surface area (Å²) < 4.78 is 7.26. The predicted molar refractivity (Wildman–Crippen MR) is 103 cm³/mol. The van der Waals surface area contributed by atoms with Gasteiger partial charge in [-0.25, -0.2) is 9.78 Å². The highest BCUT2D eigenvalue weighted by Gasteiger charge is 2.32. The van der Waals surface area contributed by atoms with Crippen LogP contribution < -0.4 is 0 Å². The lowest BCUT2D eigenvalue weighted by Gasteiger charge is -2.32. The van der Waals surface area contributed by atoms with Gasteiger partial charge in [-0.15, -0.1) is 0 Å². The van der Waals surface area contributed by atoms with Crippen LogP contribution in [0, 0.1) is 0 Å². The normalized spacial score (nSPS) is 17.0. The Hall–Kier alpha value is -3.19. The molecule has 7 heteroatoms. The first-order valence-corrected chi connectivity index (χ1v) is 9.27. The summed E-state index contributed by atoms with van der Waals surface area (Å²) in [5, 5.41) is 9.34. The van der Waals surface area contributed by atoms with Gasteiger partial charge in [-0.05, 0) is 24.3 Å². The van der Waals surface area contributed by atoms with Crippen LogP contribution in [0.4, 0.5) is 0 Å². The highest BCUT2D eigenvalue weighted by molar-refractivity contribution is 5.84. The van der Waals surface area contributed by atoms with E-state index in [1.807, 2.05) is 54.6 Å². The maximum Gasteiger partial charge on any atom is 0.328 e. The minimum Gasteiger partial charge on any atom is -0.480 e. The quantitative estimate of drug-likeness (QED) is 0.735. The van der Waals surface area contributed by atoms with Gasteiger partial charge in [0.1, 0.15) is 5.82 Å². The molecule has 1 amide bonds. The van der Waals surface area contributed by atoms with E-state index in [0.717, 1.165) is 22.5 Å². The molecule has 7 nitrogen and oxygen atoms in total. The van der Waals surface area contributed by atoms with Crippen LogP contribution in [0.2, 0.25) is 0 Å². The fraction of sp³-hybridized carbons (Fsp3) is 0.286. The number of ether oxygens (including phenoxy) is 1. The third-order valence-corrected chi connectivity index (χ3v) is 4.94. The van der Waals surface area contributed by atoms with Crippen molar-refractivity contribution < 1.29 is 19.4 Å². The minimum absolute atomic E-state index is 0.0314. The van der Waals surface area contributed by atoms with E-state index < -0.39 is 12.0 Å². The Morgan fingerprint density at radius 2 is 1.86 bits per heavy atom. The lowest BCUT2D eigenvalue weighted by Crippen LogP contribution is -2.52. The van der Waals surface area contributed by atoms with Gasteiger partial charge in [0, 0.05) is 25.1 Å². The van der Waals surface area contributed by atoms with Gasteiger partial charge in [0.2, 0.25) is 5.91 Å². The number of hydrogen-bond acceptors (Lipinski definition) is 4. The van der Waals surface area contributed by atoms with Gasteiger partial charge in [-0.2, -0.15) is 0 Å². The second-order valence-corrected chi connectivity index (χ2v) is 6.70. The van der Waals surface area contributed by atoms with Crippen LogP contribution in [0.25, 0.3) is 16.7 Å². The standard InChI is InChI=1S/C21H21N3O4/c25-20(23-12-13-28-14-18(23)21(26)27)11-10-19-22-16-8-4-5-9-17(16)24(19)15-6-2-1-3-7-15/h1-9,18H,10-14H2,(H,26,27)/t18-/m1/s1. The molecule has 1 aliphatic rings. The predicted octanol–water partition coefficient (Wildman–Crippen LogP) is 2.27. The highest BCUT2D eigenvalue weighted by Crippen LogP contribution is 2.22. The number of morpholine rings is 1. The zero-order valence-electron chi connectivity index (χ0n) is 15.3. The molecule has 3 aromatic rings.